The molecule has 2 aromatic rings. The Morgan fingerprint density at radius 3 is 2.63 bits per heavy atom. The molecule has 1 fully saturated rings. The van der Waals surface area contributed by atoms with E-state index >= 15 is 0 Å². The number of carbonyl (C=O) groups is 2. The lowest BCUT2D eigenvalue weighted by molar-refractivity contribution is -0.137. The molecule has 8 heteroatoms. The average molecular weight is 414 g/mol. The Bertz CT molecular complexity index is 1030. The number of nitrogens with zero attached hydrogens (tertiary/aromatic N) is 3. The number of piperazine rings is 1. The molecule has 160 valence electrons. The lowest BCUT2D eigenvalue weighted by Crippen LogP contribution is -2.54. The molecule has 0 saturated carbocycles. The molecule has 0 aliphatic carbocycles. The van der Waals surface area contributed by atoms with Gasteiger partial charge in [0.1, 0.15) is 12.4 Å². The first-order chi connectivity index (χ1) is 14.2. The van der Waals surface area contributed by atoms with Crippen LogP contribution in [0.2, 0.25) is 0 Å². The highest BCUT2D eigenvalue weighted by molar-refractivity contribution is 5.97. The van der Waals surface area contributed by atoms with Gasteiger partial charge in [0.25, 0.3) is 11.5 Å². The van der Waals surface area contributed by atoms with Crippen LogP contribution < -0.4 is 5.56 Å². The summed E-state index contributed by atoms with van der Waals surface area (Å²) in [7, 11) is 0. The van der Waals surface area contributed by atoms with Crippen LogP contribution in [0.15, 0.2) is 23.0 Å². The molecule has 2 heterocycles. The van der Waals surface area contributed by atoms with Gasteiger partial charge in [0.05, 0.1) is 11.3 Å². The molecular weight excluding hydrogens is 387 g/mol. The molecule has 0 spiro atoms. The summed E-state index contributed by atoms with van der Waals surface area (Å²) in [6.45, 7) is 8.29. The van der Waals surface area contributed by atoms with E-state index in [-0.39, 0.29) is 29.6 Å². The van der Waals surface area contributed by atoms with Gasteiger partial charge in [-0.05, 0) is 50.5 Å². The van der Waals surface area contributed by atoms with E-state index in [1.54, 1.807) is 17.9 Å². The van der Waals surface area contributed by atoms with Crippen molar-refractivity contribution in [1.29, 1.82) is 0 Å². The third kappa shape index (κ3) is 4.27. The summed E-state index contributed by atoms with van der Waals surface area (Å²) < 4.78 is 14.5. The van der Waals surface area contributed by atoms with E-state index in [2.05, 4.69) is 10.2 Å². The second-order valence-electron chi connectivity index (χ2n) is 7.81. The van der Waals surface area contributed by atoms with E-state index in [4.69, 9.17) is 0 Å². The number of rotatable bonds is 5. The number of hydrogen-bond acceptors (Lipinski definition) is 4. The Morgan fingerprint density at radius 1 is 1.23 bits per heavy atom. The maximum atomic E-state index is 14.5. The van der Waals surface area contributed by atoms with E-state index in [1.165, 1.54) is 17.0 Å². The number of benzene rings is 1. The van der Waals surface area contributed by atoms with Crippen LogP contribution in [-0.2, 0) is 11.2 Å². The van der Waals surface area contributed by atoms with Crippen molar-refractivity contribution in [3.05, 3.63) is 62.3 Å². The highest BCUT2D eigenvalue weighted by Gasteiger charge is 2.30. The summed E-state index contributed by atoms with van der Waals surface area (Å²) in [6.07, 6.45) is 1.19. The second kappa shape index (κ2) is 8.77. The predicted octanol–water partition coefficient (Wildman–Crippen LogP) is 2.20. The molecule has 7 nitrogen and oxygen atoms in total. The number of aromatic nitrogens is 2. The smallest absolute Gasteiger partial charge is 0.267 e. The zero-order valence-electron chi connectivity index (χ0n) is 17.8. The van der Waals surface area contributed by atoms with Crippen LogP contribution in [0.25, 0.3) is 0 Å². The molecule has 1 saturated heterocycles. The van der Waals surface area contributed by atoms with Crippen molar-refractivity contribution in [2.75, 3.05) is 19.6 Å². The van der Waals surface area contributed by atoms with Crippen LogP contribution >= 0.6 is 0 Å². The lowest BCUT2D eigenvalue weighted by Gasteiger charge is -2.37. The monoisotopic (exact) mass is 414 g/mol. The van der Waals surface area contributed by atoms with Crippen LogP contribution in [0, 0.1) is 19.7 Å². The molecule has 1 aliphatic rings. The molecule has 1 N–H and O–H groups in total. The minimum absolute atomic E-state index is 0.0490. The summed E-state index contributed by atoms with van der Waals surface area (Å²) in [4.78, 5) is 40.2. The van der Waals surface area contributed by atoms with Gasteiger partial charge in [-0.25, -0.2) is 9.49 Å². The van der Waals surface area contributed by atoms with Gasteiger partial charge in [-0.3, -0.25) is 14.4 Å². The minimum atomic E-state index is -0.622. The van der Waals surface area contributed by atoms with Crippen LogP contribution in [0.1, 0.15) is 53.0 Å². The minimum Gasteiger partial charge on any atom is -0.337 e. The molecule has 0 unspecified atom stereocenters. The Kier molecular flexibility index (Phi) is 6.34. The van der Waals surface area contributed by atoms with Crippen LogP contribution in [0.3, 0.4) is 0 Å². The normalized spacial score (nSPS) is 15.4. The standard InChI is InChI=1S/C22H27FN4O3/c1-5-13(2)27-9-8-26(12-20(27)28)22(30)17-10-16(6-7-18(17)23)11-19-14(3)15(4)21(29)25-24-19/h6-7,10,13H,5,8-9,11-12H2,1-4H3,(H,25,29)/t13-/m0/s1. The largest absolute Gasteiger partial charge is 0.337 e. The van der Waals surface area contributed by atoms with Gasteiger partial charge in [-0.2, -0.15) is 5.10 Å². The number of halogens is 1. The molecule has 1 atom stereocenters. The first kappa shape index (κ1) is 21.7. The van der Waals surface area contributed by atoms with Gasteiger partial charge < -0.3 is 9.80 Å². The molecule has 0 bridgehead atoms. The summed E-state index contributed by atoms with van der Waals surface area (Å²) in [5.74, 6) is -1.24. The zero-order valence-corrected chi connectivity index (χ0v) is 17.8. The fourth-order valence-electron chi connectivity index (χ4n) is 3.60. The third-order valence-corrected chi connectivity index (χ3v) is 5.93. The van der Waals surface area contributed by atoms with Gasteiger partial charge in [-0.15, -0.1) is 0 Å². The topological polar surface area (TPSA) is 86.4 Å². The predicted molar refractivity (Wildman–Crippen MR) is 111 cm³/mol. The van der Waals surface area contributed by atoms with Crippen molar-refractivity contribution in [3.8, 4) is 0 Å². The maximum absolute atomic E-state index is 14.5. The Hall–Kier alpha value is -3.03. The number of hydrogen-bond donors (Lipinski definition) is 1. The molecule has 1 aromatic heterocycles. The van der Waals surface area contributed by atoms with Crippen molar-refractivity contribution in [3.63, 3.8) is 0 Å². The molecule has 2 amide bonds. The van der Waals surface area contributed by atoms with Crippen molar-refractivity contribution >= 4 is 11.8 Å². The lowest BCUT2D eigenvalue weighted by atomic mass is 10.0. The van der Waals surface area contributed by atoms with Crippen LogP contribution in [0.4, 0.5) is 4.39 Å². The van der Waals surface area contributed by atoms with E-state index < -0.39 is 11.7 Å². The van der Waals surface area contributed by atoms with E-state index in [9.17, 15) is 18.8 Å². The van der Waals surface area contributed by atoms with E-state index in [1.807, 2.05) is 20.8 Å². The van der Waals surface area contributed by atoms with Crippen molar-refractivity contribution in [2.24, 2.45) is 0 Å². The number of aromatic amines is 1. The number of H-pyrrole nitrogens is 1. The SMILES string of the molecule is CC[C@H](C)N1CCN(C(=O)c2cc(Cc3n[nH]c(=O)c(C)c3C)ccc2F)CC1=O. The van der Waals surface area contributed by atoms with Gasteiger partial charge in [-0.1, -0.05) is 13.0 Å². The molecule has 1 aliphatic heterocycles. The Balaban J connectivity index is 1.80. The Morgan fingerprint density at radius 2 is 1.97 bits per heavy atom. The van der Waals surface area contributed by atoms with E-state index in [0.717, 1.165) is 12.0 Å². The fourth-order valence-corrected chi connectivity index (χ4v) is 3.60. The van der Waals surface area contributed by atoms with Gasteiger partial charge >= 0.3 is 0 Å². The number of carbonyl (C=O) groups excluding carboxylic acids is 2. The molecule has 3 rings (SSSR count). The molecule has 0 radical (unpaired) electrons. The first-order valence-electron chi connectivity index (χ1n) is 10.1. The molecular formula is C22H27FN4O3. The van der Waals surface area contributed by atoms with E-state index in [0.29, 0.717) is 36.3 Å². The fraction of sp³-hybridized carbons (Fsp3) is 0.455. The van der Waals surface area contributed by atoms with Gasteiger partial charge in [0.2, 0.25) is 5.91 Å². The highest BCUT2D eigenvalue weighted by atomic mass is 19.1. The van der Waals surface area contributed by atoms with Crippen molar-refractivity contribution in [2.45, 2.75) is 46.6 Å². The van der Waals surface area contributed by atoms with Crippen molar-refractivity contribution in [1.82, 2.24) is 20.0 Å². The first-order valence-corrected chi connectivity index (χ1v) is 10.1. The van der Waals surface area contributed by atoms with Gasteiger partial charge in [0, 0.05) is 31.1 Å². The molecule has 1 aromatic carbocycles. The maximum Gasteiger partial charge on any atom is 0.267 e. The summed E-state index contributed by atoms with van der Waals surface area (Å²) in [5, 5.41) is 6.54. The Labute approximate surface area is 174 Å². The number of nitrogens with one attached hydrogen (secondary N) is 1. The molecule has 30 heavy (non-hydrogen) atoms. The highest BCUT2D eigenvalue weighted by Crippen LogP contribution is 2.19. The van der Waals surface area contributed by atoms with Crippen molar-refractivity contribution < 1.29 is 14.0 Å². The third-order valence-electron chi connectivity index (χ3n) is 5.93. The van der Waals surface area contributed by atoms with Crippen LogP contribution in [0.5, 0.6) is 0 Å². The average Bonchev–Trinajstić information content (AvgIpc) is 2.74. The van der Waals surface area contributed by atoms with Gasteiger partial charge in [0.15, 0.2) is 0 Å². The second-order valence-corrected chi connectivity index (χ2v) is 7.81. The summed E-state index contributed by atoms with van der Waals surface area (Å²) in [5.41, 5.74) is 2.41. The van der Waals surface area contributed by atoms with Crippen LogP contribution in [-0.4, -0.2) is 57.5 Å². The summed E-state index contributed by atoms with van der Waals surface area (Å²) in [6, 6.07) is 4.48. The summed E-state index contributed by atoms with van der Waals surface area (Å²) >= 11 is 0. The number of amides is 2. The zero-order chi connectivity index (χ0) is 22.0. The quantitative estimate of drug-likeness (QED) is 0.813.